The number of nitrogens with zero attached hydrogens (tertiary/aromatic N) is 1. The monoisotopic (exact) mass is 478 g/mol. The van der Waals surface area contributed by atoms with E-state index in [1.54, 1.807) is 0 Å². The second-order valence-corrected chi connectivity index (χ2v) is 8.08. The van der Waals surface area contributed by atoms with Gasteiger partial charge in [0.1, 0.15) is 0 Å². The van der Waals surface area contributed by atoms with Crippen molar-refractivity contribution >= 4 is 44.4 Å². The number of carbonyl (C=O) groups is 1. The lowest BCUT2D eigenvalue weighted by Gasteiger charge is -2.31. The molecule has 0 bridgehead atoms. The molecule has 1 aliphatic carbocycles. The van der Waals surface area contributed by atoms with Crippen LogP contribution >= 0.6 is 38.5 Å². The molecule has 0 aliphatic heterocycles. The zero-order valence-electron chi connectivity index (χ0n) is 13.1. The summed E-state index contributed by atoms with van der Waals surface area (Å²) in [6.45, 7) is 1.79. The van der Waals surface area contributed by atoms with Crippen LogP contribution in [0.3, 0.4) is 0 Å². The first-order valence-corrected chi connectivity index (χ1v) is 9.88. The molecular weight excluding hydrogens is 455 g/mol. The second kappa shape index (κ2) is 9.23. The summed E-state index contributed by atoms with van der Waals surface area (Å²) < 4.78 is 1.92. The lowest BCUT2D eigenvalue weighted by molar-refractivity contribution is 0.0949. The normalized spacial score (nSPS) is 16.0. The molecule has 5 heteroatoms. The van der Waals surface area contributed by atoms with Crippen molar-refractivity contribution in [2.24, 2.45) is 0 Å². The van der Waals surface area contributed by atoms with E-state index in [1.165, 1.54) is 32.1 Å². The lowest BCUT2D eigenvalue weighted by Crippen LogP contribution is -2.35. The molecule has 1 saturated carbocycles. The van der Waals surface area contributed by atoms with Gasteiger partial charge < -0.3 is 10.2 Å². The van der Waals surface area contributed by atoms with Crippen LogP contribution in [0.2, 0.25) is 0 Å². The van der Waals surface area contributed by atoms with E-state index in [0.29, 0.717) is 0 Å². The highest BCUT2D eigenvalue weighted by molar-refractivity contribution is 14.1. The fraction of sp³-hybridized carbons (Fsp3) is 0.588. The van der Waals surface area contributed by atoms with E-state index < -0.39 is 0 Å². The van der Waals surface area contributed by atoms with Crippen molar-refractivity contribution in [3.8, 4) is 0 Å². The number of benzene rings is 1. The molecule has 0 saturated heterocycles. The molecule has 122 valence electrons. The highest BCUT2D eigenvalue weighted by Gasteiger charge is 2.17. The molecule has 0 spiro atoms. The molecule has 1 N–H and O–H groups in total. The third-order valence-corrected chi connectivity index (χ3v) is 5.78. The molecule has 1 fully saturated rings. The van der Waals surface area contributed by atoms with Gasteiger partial charge >= 0.3 is 0 Å². The standard InChI is InChI=1S/C17H24BrIN2O/c1-21(14-6-3-2-4-7-14)11-5-10-20-17(22)15-12-13(18)8-9-16(15)19/h8-9,12,14H,2-7,10-11H2,1H3,(H,20,22). The number of hydrogen-bond donors (Lipinski definition) is 1. The molecule has 0 atom stereocenters. The van der Waals surface area contributed by atoms with E-state index in [-0.39, 0.29) is 5.91 Å². The summed E-state index contributed by atoms with van der Waals surface area (Å²) in [6.07, 6.45) is 7.80. The largest absolute Gasteiger partial charge is 0.352 e. The molecule has 1 aromatic rings. The van der Waals surface area contributed by atoms with Crippen molar-refractivity contribution in [3.05, 3.63) is 31.8 Å². The molecule has 0 aromatic heterocycles. The Bertz CT molecular complexity index is 503. The van der Waals surface area contributed by atoms with Gasteiger partial charge in [0.15, 0.2) is 0 Å². The molecule has 0 unspecified atom stereocenters. The third-order valence-electron chi connectivity index (χ3n) is 4.34. The summed E-state index contributed by atoms with van der Waals surface area (Å²) in [5.41, 5.74) is 0.746. The number of halogens is 2. The summed E-state index contributed by atoms with van der Waals surface area (Å²) in [5.74, 6) is 0.0195. The zero-order valence-corrected chi connectivity index (χ0v) is 16.8. The Balaban J connectivity index is 1.71. The van der Waals surface area contributed by atoms with Crippen LogP contribution in [0.25, 0.3) is 0 Å². The van der Waals surface area contributed by atoms with Gasteiger partial charge in [0.2, 0.25) is 0 Å². The minimum Gasteiger partial charge on any atom is -0.352 e. The topological polar surface area (TPSA) is 32.3 Å². The van der Waals surface area contributed by atoms with E-state index in [1.807, 2.05) is 18.2 Å². The van der Waals surface area contributed by atoms with Crippen molar-refractivity contribution in [3.63, 3.8) is 0 Å². The van der Waals surface area contributed by atoms with Gasteiger partial charge in [0.25, 0.3) is 5.91 Å². The molecule has 1 aromatic carbocycles. The van der Waals surface area contributed by atoms with E-state index in [0.717, 1.165) is 39.2 Å². The molecular formula is C17H24BrIN2O. The summed E-state index contributed by atoms with van der Waals surface area (Å²) in [5, 5.41) is 3.03. The molecule has 3 nitrogen and oxygen atoms in total. The number of hydrogen-bond acceptors (Lipinski definition) is 2. The van der Waals surface area contributed by atoms with Crippen molar-refractivity contribution in [2.45, 2.75) is 44.6 Å². The van der Waals surface area contributed by atoms with Crippen LogP contribution < -0.4 is 5.32 Å². The van der Waals surface area contributed by atoms with Gasteiger partial charge in [-0.15, -0.1) is 0 Å². The average Bonchev–Trinajstić information content (AvgIpc) is 2.54. The van der Waals surface area contributed by atoms with Gasteiger partial charge in [-0.1, -0.05) is 35.2 Å². The van der Waals surface area contributed by atoms with Crippen LogP contribution in [0.15, 0.2) is 22.7 Å². The first kappa shape index (κ1) is 18.2. The van der Waals surface area contributed by atoms with Crippen molar-refractivity contribution in [2.75, 3.05) is 20.1 Å². The highest BCUT2D eigenvalue weighted by Crippen LogP contribution is 2.21. The fourth-order valence-corrected chi connectivity index (χ4v) is 3.94. The molecule has 22 heavy (non-hydrogen) atoms. The SMILES string of the molecule is CN(CCCNC(=O)c1cc(Br)ccc1I)C1CCCCC1. The summed E-state index contributed by atoms with van der Waals surface area (Å²) >= 11 is 5.62. The fourth-order valence-electron chi connectivity index (χ4n) is 3.00. The van der Waals surface area contributed by atoms with E-state index in [4.69, 9.17) is 0 Å². The minimum absolute atomic E-state index is 0.0195. The van der Waals surface area contributed by atoms with Crippen LogP contribution in [0.4, 0.5) is 0 Å². The highest BCUT2D eigenvalue weighted by atomic mass is 127. The Hall–Kier alpha value is -0.140. The van der Waals surface area contributed by atoms with Crippen molar-refractivity contribution in [1.82, 2.24) is 10.2 Å². The van der Waals surface area contributed by atoms with E-state index in [2.05, 4.69) is 55.8 Å². The Kier molecular flexibility index (Phi) is 7.63. The van der Waals surface area contributed by atoms with Crippen LogP contribution in [0, 0.1) is 3.57 Å². The lowest BCUT2D eigenvalue weighted by atomic mass is 9.94. The van der Waals surface area contributed by atoms with Crippen molar-refractivity contribution < 1.29 is 4.79 Å². The zero-order chi connectivity index (χ0) is 15.9. The number of rotatable bonds is 6. The van der Waals surface area contributed by atoms with Crippen LogP contribution in [0.1, 0.15) is 48.9 Å². The summed E-state index contributed by atoms with van der Waals surface area (Å²) in [4.78, 5) is 14.7. The number of nitrogens with one attached hydrogen (secondary N) is 1. The van der Waals surface area contributed by atoms with Crippen LogP contribution in [0.5, 0.6) is 0 Å². The maximum Gasteiger partial charge on any atom is 0.252 e. The number of amides is 1. The minimum atomic E-state index is 0.0195. The quantitative estimate of drug-likeness (QED) is 0.484. The van der Waals surface area contributed by atoms with Crippen LogP contribution in [-0.2, 0) is 0 Å². The first-order valence-electron chi connectivity index (χ1n) is 8.01. The Morgan fingerprint density at radius 2 is 2.09 bits per heavy atom. The van der Waals surface area contributed by atoms with Gasteiger partial charge in [-0.05, 0) is 73.6 Å². The molecule has 1 amide bonds. The number of carbonyl (C=O) groups excluding carboxylic acids is 1. The smallest absolute Gasteiger partial charge is 0.252 e. The molecule has 0 radical (unpaired) electrons. The molecule has 1 aliphatic rings. The Morgan fingerprint density at radius 1 is 1.36 bits per heavy atom. The maximum absolute atomic E-state index is 12.2. The Morgan fingerprint density at radius 3 is 2.82 bits per heavy atom. The van der Waals surface area contributed by atoms with Gasteiger partial charge in [-0.3, -0.25) is 4.79 Å². The first-order chi connectivity index (χ1) is 10.6. The van der Waals surface area contributed by atoms with Gasteiger partial charge in [-0.2, -0.15) is 0 Å². The average molecular weight is 479 g/mol. The van der Waals surface area contributed by atoms with E-state index in [9.17, 15) is 4.79 Å². The van der Waals surface area contributed by atoms with Gasteiger partial charge in [0.05, 0.1) is 5.56 Å². The van der Waals surface area contributed by atoms with E-state index >= 15 is 0 Å². The summed E-state index contributed by atoms with van der Waals surface area (Å²) in [6, 6.07) is 6.54. The van der Waals surface area contributed by atoms with Crippen LogP contribution in [-0.4, -0.2) is 37.0 Å². The van der Waals surface area contributed by atoms with Gasteiger partial charge in [0, 0.05) is 20.6 Å². The summed E-state index contributed by atoms with van der Waals surface area (Å²) in [7, 11) is 2.22. The maximum atomic E-state index is 12.2. The predicted molar refractivity (Wildman–Crippen MR) is 103 cm³/mol. The Labute approximate surface area is 155 Å². The van der Waals surface area contributed by atoms with Crippen molar-refractivity contribution in [1.29, 1.82) is 0 Å². The molecule has 0 heterocycles. The van der Waals surface area contributed by atoms with Gasteiger partial charge in [-0.25, -0.2) is 0 Å². The molecule has 2 rings (SSSR count). The second-order valence-electron chi connectivity index (χ2n) is 6.01. The predicted octanol–water partition coefficient (Wildman–Crippen LogP) is 4.44. The third kappa shape index (κ3) is 5.49.